The molecule has 2 aliphatic heterocycles. The zero-order valence-electron chi connectivity index (χ0n) is 14.7. The second-order valence-electron chi connectivity index (χ2n) is 7.90. The molecule has 8 heteroatoms. The third-order valence-corrected chi connectivity index (χ3v) is 7.57. The van der Waals surface area contributed by atoms with E-state index in [0.29, 0.717) is 16.2 Å². The van der Waals surface area contributed by atoms with Crippen molar-refractivity contribution in [1.29, 1.82) is 0 Å². The lowest BCUT2D eigenvalue weighted by molar-refractivity contribution is -0.0222. The Labute approximate surface area is 165 Å². The van der Waals surface area contributed by atoms with E-state index in [0.717, 1.165) is 35.3 Å². The molecule has 27 heavy (non-hydrogen) atoms. The van der Waals surface area contributed by atoms with Gasteiger partial charge in [-0.2, -0.15) is 0 Å². The highest BCUT2D eigenvalue weighted by Gasteiger charge is 2.46. The fraction of sp³-hybridized carbons (Fsp3) is 0.632. The SMILES string of the molecule is OC[C@H]1O[C@@H](c2csc3c(N4CC5CCCC5C4)cc(Cl)nc23)[C@@H](F)[C@@H]1O. The number of nitrogens with zero attached hydrogens (tertiary/aromatic N) is 2. The van der Waals surface area contributed by atoms with Crippen molar-refractivity contribution in [3.05, 3.63) is 22.2 Å². The zero-order chi connectivity index (χ0) is 18.7. The lowest BCUT2D eigenvalue weighted by Crippen LogP contribution is -2.30. The molecular formula is C19H22ClFN2O3S. The standard InChI is InChI=1S/C19H22ClFN2O3S/c20-14-4-12(23-5-9-2-1-3-10(9)6-23)19-16(22-14)11(8-27-19)18-15(21)17(25)13(7-24)26-18/h4,8-10,13,15,17-18,24-25H,1-3,5-7H2/t9?,10?,13-,15+,17-,18+/m1/s1. The highest BCUT2D eigenvalue weighted by Crippen LogP contribution is 2.46. The number of hydrogen-bond acceptors (Lipinski definition) is 6. The van der Waals surface area contributed by atoms with E-state index in [9.17, 15) is 14.6 Å². The number of ether oxygens (including phenoxy) is 1. The van der Waals surface area contributed by atoms with E-state index >= 15 is 0 Å². The maximum Gasteiger partial charge on any atom is 0.159 e. The second kappa shape index (κ2) is 6.81. The Morgan fingerprint density at radius 2 is 2.07 bits per heavy atom. The Morgan fingerprint density at radius 1 is 1.33 bits per heavy atom. The van der Waals surface area contributed by atoms with Gasteiger partial charge in [0.2, 0.25) is 0 Å². The Bertz CT molecular complexity index is 853. The van der Waals surface area contributed by atoms with Gasteiger partial charge in [-0.15, -0.1) is 11.3 Å². The van der Waals surface area contributed by atoms with Crippen molar-refractivity contribution < 1.29 is 19.3 Å². The van der Waals surface area contributed by atoms with Crippen LogP contribution in [-0.4, -0.2) is 53.3 Å². The molecule has 0 amide bonds. The van der Waals surface area contributed by atoms with E-state index in [4.69, 9.17) is 16.3 Å². The largest absolute Gasteiger partial charge is 0.394 e. The van der Waals surface area contributed by atoms with Crippen molar-refractivity contribution in [3.8, 4) is 0 Å². The van der Waals surface area contributed by atoms with Gasteiger partial charge in [0.25, 0.3) is 0 Å². The fourth-order valence-corrected chi connectivity index (χ4v) is 6.23. The third kappa shape index (κ3) is 2.86. The summed E-state index contributed by atoms with van der Waals surface area (Å²) in [7, 11) is 0. The molecule has 0 spiro atoms. The molecule has 146 valence electrons. The molecule has 2 unspecified atom stereocenters. The van der Waals surface area contributed by atoms with Gasteiger partial charge in [0, 0.05) is 24.7 Å². The van der Waals surface area contributed by atoms with E-state index < -0.39 is 31.1 Å². The smallest absolute Gasteiger partial charge is 0.159 e. The van der Waals surface area contributed by atoms with Gasteiger partial charge < -0.3 is 19.8 Å². The van der Waals surface area contributed by atoms with Crippen LogP contribution in [0.5, 0.6) is 0 Å². The van der Waals surface area contributed by atoms with Crippen LogP contribution in [0.4, 0.5) is 10.1 Å². The molecule has 2 N–H and O–H groups in total. The van der Waals surface area contributed by atoms with Crippen molar-refractivity contribution >= 4 is 38.8 Å². The second-order valence-corrected chi connectivity index (χ2v) is 9.17. The Balaban J connectivity index is 1.53. The van der Waals surface area contributed by atoms with Gasteiger partial charge in [0.1, 0.15) is 23.5 Å². The van der Waals surface area contributed by atoms with E-state index in [1.165, 1.54) is 30.6 Å². The van der Waals surface area contributed by atoms with Crippen LogP contribution in [-0.2, 0) is 4.74 Å². The lowest BCUT2D eigenvalue weighted by atomic mass is 10.0. The molecule has 2 aromatic heterocycles. The summed E-state index contributed by atoms with van der Waals surface area (Å²) in [6, 6.07) is 1.90. The van der Waals surface area contributed by atoms with Crippen LogP contribution in [0, 0.1) is 11.8 Å². The predicted octanol–water partition coefficient (Wildman–Crippen LogP) is 3.32. The molecule has 0 bridgehead atoms. The number of aliphatic hydroxyl groups excluding tert-OH is 2. The molecule has 4 heterocycles. The molecule has 3 fully saturated rings. The summed E-state index contributed by atoms with van der Waals surface area (Å²) in [6.07, 6.45) is -0.900. The van der Waals surface area contributed by atoms with Gasteiger partial charge in [-0.1, -0.05) is 18.0 Å². The zero-order valence-corrected chi connectivity index (χ0v) is 16.3. The average molecular weight is 413 g/mol. The molecule has 1 aliphatic carbocycles. The number of rotatable bonds is 3. The van der Waals surface area contributed by atoms with Crippen molar-refractivity contribution in [2.24, 2.45) is 11.8 Å². The molecule has 0 aromatic carbocycles. The Kier molecular flexibility index (Phi) is 4.56. The number of fused-ring (bicyclic) bond motifs is 2. The summed E-state index contributed by atoms with van der Waals surface area (Å²) in [5, 5.41) is 21.5. The number of aliphatic hydroxyl groups is 2. The van der Waals surface area contributed by atoms with Crippen molar-refractivity contribution in [1.82, 2.24) is 4.98 Å². The Hall–Kier alpha value is -0.990. The van der Waals surface area contributed by atoms with Crippen LogP contribution in [0.15, 0.2) is 11.4 Å². The van der Waals surface area contributed by atoms with Crippen LogP contribution in [0.25, 0.3) is 10.2 Å². The van der Waals surface area contributed by atoms with Crippen LogP contribution in [0.3, 0.4) is 0 Å². The maximum atomic E-state index is 14.6. The summed E-state index contributed by atoms with van der Waals surface area (Å²) in [5.41, 5.74) is 2.29. The number of pyridine rings is 1. The number of halogens is 2. The monoisotopic (exact) mass is 412 g/mol. The molecule has 0 radical (unpaired) electrons. The number of thiophene rings is 1. The van der Waals surface area contributed by atoms with E-state index in [-0.39, 0.29) is 0 Å². The summed E-state index contributed by atoms with van der Waals surface area (Å²) < 4.78 is 21.2. The molecule has 2 aromatic rings. The summed E-state index contributed by atoms with van der Waals surface area (Å²) in [6.45, 7) is 1.64. The Morgan fingerprint density at radius 3 is 2.74 bits per heavy atom. The number of aromatic nitrogens is 1. The lowest BCUT2D eigenvalue weighted by Gasteiger charge is -2.21. The van der Waals surface area contributed by atoms with Crippen molar-refractivity contribution in [2.75, 3.05) is 24.6 Å². The molecule has 5 rings (SSSR count). The van der Waals surface area contributed by atoms with E-state index in [1.54, 1.807) is 0 Å². The van der Waals surface area contributed by atoms with Gasteiger partial charge in [-0.05, 0) is 30.1 Å². The van der Waals surface area contributed by atoms with Crippen molar-refractivity contribution in [3.63, 3.8) is 0 Å². The van der Waals surface area contributed by atoms with Crippen LogP contribution in [0.1, 0.15) is 30.9 Å². The minimum atomic E-state index is -1.60. The average Bonchev–Trinajstić information content (AvgIpc) is 3.39. The van der Waals surface area contributed by atoms with Crippen LogP contribution >= 0.6 is 22.9 Å². The minimum absolute atomic E-state index is 0.377. The van der Waals surface area contributed by atoms with Crippen LogP contribution in [0.2, 0.25) is 5.15 Å². The summed E-state index contributed by atoms with van der Waals surface area (Å²) in [5.74, 6) is 1.50. The normalized spacial score (nSPS) is 36.1. The minimum Gasteiger partial charge on any atom is -0.394 e. The first kappa shape index (κ1) is 18.1. The quantitative estimate of drug-likeness (QED) is 0.757. The maximum absolute atomic E-state index is 14.6. The van der Waals surface area contributed by atoms with Gasteiger partial charge in [-0.25, -0.2) is 9.37 Å². The fourth-order valence-electron chi connectivity index (χ4n) is 4.97. The van der Waals surface area contributed by atoms with Gasteiger partial charge in [0.15, 0.2) is 6.17 Å². The number of hydrogen-bond donors (Lipinski definition) is 2. The van der Waals surface area contributed by atoms with Gasteiger partial charge in [0.05, 0.1) is 22.5 Å². The first-order valence-corrected chi connectivity index (χ1v) is 10.7. The molecule has 3 aliphatic rings. The van der Waals surface area contributed by atoms with Crippen molar-refractivity contribution in [2.45, 2.75) is 43.7 Å². The predicted molar refractivity (Wildman–Crippen MR) is 103 cm³/mol. The van der Waals surface area contributed by atoms with Crippen LogP contribution < -0.4 is 4.90 Å². The number of anilines is 1. The highest BCUT2D eigenvalue weighted by atomic mass is 35.5. The number of alkyl halides is 1. The molecular weight excluding hydrogens is 391 g/mol. The highest BCUT2D eigenvalue weighted by molar-refractivity contribution is 7.18. The first-order valence-electron chi connectivity index (χ1n) is 9.48. The van der Waals surface area contributed by atoms with Gasteiger partial charge >= 0.3 is 0 Å². The first-order chi connectivity index (χ1) is 13.1. The molecule has 6 atom stereocenters. The topological polar surface area (TPSA) is 65.8 Å². The molecule has 1 saturated carbocycles. The van der Waals surface area contributed by atoms with E-state index in [1.807, 2.05) is 11.4 Å². The summed E-state index contributed by atoms with van der Waals surface area (Å²) in [4.78, 5) is 6.84. The van der Waals surface area contributed by atoms with E-state index in [2.05, 4.69) is 9.88 Å². The molecule has 5 nitrogen and oxygen atoms in total. The van der Waals surface area contributed by atoms with Gasteiger partial charge in [-0.3, -0.25) is 0 Å². The molecule has 2 saturated heterocycles. The summed E-state index contributed by atoms with van der Waals surface area (Å²) >= 11 is 7.83. The third-order valence-electron chi connectivity index (χ3n) is 6.37.